The highest BCUT2D eigenvalue weighted by molar-refractivity contribution is 6.08. The summed E-state index contributed by atoms with van der Waals surface area (Å²) in [5.74, 6) is -0.180. The first-order chi connectivity index (χ1) is 10.1. The lowest BCUT2D eigenvalue weighted by Crippen LogP contribution is -2.17. The van der Waals surface area contributed by atoms with Crippen molar-refractivity contribution in [3.8, 4) is 0 Å². The van der Waals surface area contributed by atoms with E-state index in [2.05, 4.69) is 20.6 Å². The molecule has 0 bridgehead atoms. The van der Waals surface area contributed by atoms with E-state index in [1.54, 1.807) is 6.20 Å². The minimum Gasteiger partial charge on any atom is -0.379 e. The van der Waals surface area contributed by atoms with Crippen molar-refractivity contribution in [1.82, 2.24) is 9.97 Å². The van der Waals surface area contributed by atoms with E-state index in [-0.39, 0.29) is 22.9 Å². The third kappa shape index (κ3) is 3.35. The normalized spacial score (nSPS) is 10.1. The number of nitrogens with one attached hydrogen (secondary N) is 3. The van der Waals surface area contributed by atoms with E-state index in [0.29, 0.717) is 6.54 Å². The Balaban J connectivity index is 2.34. The molecule has 0 aliphatic carbocycles. The van der Waals surface area contributed by atoms with Crippen LogP contribution in [0, 0.1) is 10.1 Å². The molecule has 3 N–H and O–H groups in total. The lowest BCUT2D eigenvalue weighted by molar-refractivity contribution is -0.384. The molecule has 0 saturated heterocycles. The second-order valence-corrected chi connectivity index (χ2v) is 4.28. The maximum absolute atomic E-state index is 12.2. The monoisotopic (exact) mass is 289 g/mol. The Morgan fingerprint density at radius 1 is 1.48 bits per heavy atom. The Labute approximate surface area is 120 Å². The molecule has 1 aromatic heterocycles. The van der Waals surface area contributed by atoms with Gasteiger partial charge in [-0.05, 0) is 12.5 Å². The summed E-state index contributed by atoms with van der Waals surface area (Å²) in [6, 6.07) is 4.37. The second kappa shape index (κ2) is 6.51. The van der Waals surface area contributed by atoms with Crippen LogP contribution >= 0.6 is 0 Å². The van der Waals surface area contributed by atoms with E-state index in [1.807, 2.05) is 6.92 Å². The van der Waals surface area contributed by atoms with Gasteiger partial charge in [-0.1, -0.05) is 13.0 Å². The average molecular weight is 289 g/mol. The topological polar surface area (TPSA) is 113 Å². The lowest BCUT2D eigenvalue weighted by atomic mass is 10.1. The second-order valence-electron chi connectivity index (χ2n) is 4.28. The van der Waals surface area contributed by atoms with E-state index < -0.39 is 10.8 Å². The lowest BCUT2D eigenvalue weighted by Gasteiger charge is -2.11. The quantitative estimate of drug-likeness (QED) is 0.558. The SMILES string of the molecule is CCCNc1c(C(=O)Nc2ncc[nH]2)cccc1[N+](=O)[O-]. The molecule has 0 radical (unpaired) electrons. The van der Waals surface area contributed by atoms with Crippen molar-refractivity contribution in [2.45, 2.75) is 13.3 Å². The molecule has 1 aromatic carbocycles. The summed E-state index contributed by atoms with van der Waals surface area (Å²) in [5, 5.41) is 16.6. The highest BCUT2D eigenvalue weighted by Crippen LogP contribution is 2.28. The highest BCUT2D eigenvalue weighted by atomic mass is 16.6. The van der Waals surface area contributed by atoms with Crippen LogP contribution in [0.15, 0.2) is 30.6 Å². The van der Waals surface area contributed by atoms with Crippen LogP contribution in [-0.4, -0.2) is 27.3 Å². The number of aromatic nitrogens is 2. The van der Waals surface area contributed by atoms with Crippen LogP contribution in [0.4, 0.5) is 17.3 Å². The molecule has 0 atom stereocenters. The van der Waals surface area contributed by atoms with Gasteiger partial charge in [-0.2, -0.15) is 0 Å². The Hall–Kier alpha value is -2.90. The van der Waals surface area contributed by atoms with E-state index in [4.69, 9.17) is 0 Å². The number of anilines is 2. The van der Waals surface area contributed by atoms with Crippen LogP contribution in [0.5, 0.6) is 0 Å². The minimum absolute atomic E-state index is 0.129. The molecule has 0 aliphatic heterocycles. The largest absolute Gasteiger partial charge is 0.379 e. The van der Waals surface area contributed by atoms with Crippen molar-refractivity contribution >= 4 is 23.2 Å². The average Bonchev–Trinajstić information content (AvgIpc) is 2.97. The van der Waals surface area contributed by atoms with Crippen molar-refractivity contribution in [2.24, 2.45) is 0 Å². The van der Waals surface area contributed by atoms with Crippen molar-refractivity contribution in [2.75, 3.05) is 17.2 Å². The number of imidazole rings is 1. The maximum atomic E-state index is 12.2. The van der Waals surface area contributed by atoms with Crippen LogP contribution in [0.2, 0.25) is 0 Å². The van der Waals surface area contributed by atoms with Crippen LogP contribution in [0.25, 0.3) is 0 Å². The number of amides is 1. The summed E-state index contributed by atoms with van der Waals surface area (Å²) in [6.07, 6.45) is 3.85. The van der Waals surface area contributed by atoms with Gasteiger partial charge in [0, 0.05) is 25.0 Å². The molecular formula is C13H15N5O3. The molecule has 8 nitrogen and oxygen atoms in total. The molecule has 2 aromatic rings. The Bertz CT molecular complexity index is 639. The number of carbonyl (C=O) groups is 1. The van der Waals surface area contributed by atoms with Gasteiger partial charge in [0.15, 0.2) is 0 Å². The number of hydrogen-bond acceptors (Lipinski definition) is 5. The summed E-state index contributed by atoms with van der Waals surface area (Å²) in [6.45, 7) is 2.47. The number of H-pyrrole nitrogens is 1. The van der Waals surface area contributed by atoms with Crippen LogP contribution < -0.4 is 10.6 Å². The smallest absolute Gasteiger partial charge is 0.293 e. The number of nitro groups is 1. The van der Waals surface area contributed by atoms with Crippen molar-refractivity contribution in [1.29, 1.82) is 0 Å². The molecule has 0 saturated carbocycles. The fourth-order valence-corrected chi connectivity index (χ4v) is 1.83. The van der Waals surface area contributed by atoms with E-state index in [1.165, 1.54) is 24.4 Å². The van der Waals surface area contributed by atoms with Crippen LogP contribution in [0.1, 0.15) is 23.7 Å². The molecule has 110 valence electrons. The fraction of sp³-hybridized carbons (Fsp3) is 0.231. The third-order valence-corrected chi connectivity index (χ3v) is 2.77. The molecule has 0 fully saturated rings. The van der Waals surface area contributed by atoms with Gasteiger partial charge in [0.25, 0.3) is 11.6 Å². The first-order valence-corrected chi connectivity index (χ1v) is 6.45. The number of para-hydroxylation sites is 1. The summed E-state index contributed by atoms with van der Waals surface area (Å²) < 4.78 is 0. The van der Waals surface area contributed by atoms with Gasteiger partial charge in [-0.3, -0.25) is 20.2 Å². The standard InChI is InChI=1S/C13H15N5O3/c1-2-6-14-11-9(4-3-5-10(11)18(20)21)12(19)17-13-15-7-8-16-13/h3-5,7-8,14H,2,6H2,1H3,(H2,15,16,17,19). The van der Waals surface area contributed by atoms with Crippen LogP contribution in [0.3, 0.4) is 0 Å². The van der Waals surface area contributed by atoms with Gasteiger partial charge in [0.2, 0.25) is 5.95 Å². The number of benzene rings is 1. The molecule has 21 heavy (non-hydrogen) atoms. The van der Waals surface area contributed by atoms with Gasteiger partial charge in [0.05, 0.1) is 10.5 Å². The highest BCUT2D eigenvalue weighted by Gasteiger charge is 2.21. The summed E-state index contributed by atoms with van der Waals surface area (Å²) in [5.41, 5.74) is 0.290. The number of carbonyl (C=O) groups excluding carboxylic acids is 1. The molecule has 0 aliphatic rings. The van der Waals surface area contributed by atoms with Gasteiger partial charge in [-0.15, -0.1) is 0 Å². The predicted molar refractivity (Wildman–Crippen MR) is 78.4 cm³/mol. The van der Waals surface area contributed by atoms with Crippen molar-refractivity contribution in [3.63, 3.8) is 0 Å². The van der Waals surface area contributed by atoms with Gasteiger partial charge in [-0.25, -0.2) is 4.98 Å². The minimum atomic E-state index is -0.512. The number of nitrogens with zero attached hydrogens (tertiary/aromatic N) is 2. The van der Waals surface area contributed by atoms with Gasteiger partial charge < -0.3 is 10.3 Å². The first kappa shape index (κ1) is 14.5. The fourth-order valence-electron chi connectivity index (χ4n) is 1.83. The molecule has 8 heteroatoms. The first-order valence-electron chi connectivity index (χ1n) is 6.45. The van der Waals surface area contributed by atoms with Gasteiger partial charge in [0.1, 0.15) is 5.69 Å². The van der Waals surface area contributed by atoms with Crippen LogP contribution in [-0.2, 0) is 0 Å². The van der Waals surface area contributed by atoms with Crippen molar-refractivity contribution < 1.29 is 9.72 Å². The Morgan fingerprint density at radius 2 is 2.29 bits per heavy atom. The zero-order valence-electron chi connectivity index (χ0n) is 11.4. The van der Waals surface area contributed by atoms with E-state index >= 15 is 0 Å². The number of aromatic amines is 1. The Kier molecular flexibility index (Phi) is 4.50. The maximum Gasteiger partial charge on any atom is 0.293 e. The van der Waals surface area contributed by atoms with E-state index in [0.717, 1.165) is 6.42 Å². The van der Waals surface area contributed by atoms with Crippen molar-refractivity contribution in [3.05, 3.63) is 46.3 Å². The van der Waals surface area contributed by atoms with E-state index in [9.17, 15) is 14.9 Å². The zero-order chi connectivity index (χ0) is 15.2. The summed E-state index contributed by atoms with van der Waals surface area (Å²) in [4.78, 5) is 29.4. The predicted octanol–water partition coefficient (Wildman–Crippen LogP) is 2.39. The Morgan fingerprint density at radius 3 is 2.90 bits per heavy atom. The molecule has 1 amide bonds. The third-order valence-electron chi connectivity index (χ3n) is 2.77. The number of hydrogen-bond donors (Lipinski definition) is 3. The zero-order valence-corrected chi connectivity index (χ0v) is 11.4. The molecule has 1 heterocycles. The molecular weight excluding hydrogens is 274 g/mol. The number of rotatable bonds is 6. The molecule has 0 unspecified atom stereocenters. The summed E-state index contributed by atoms with van der Waals surface area (Å²) >= 11 is 0. The molecule has 2 rings (SSSR count). The molecule has 0 spiro atoms. The van der Waals surface area contributed by atoms with Gasteiger partial charge >= 0.3 is 0 Å². The summed E-state index contributed by atoms with van der Waals surface area (Å²) in [7, 11) is 0. The number of nitro benzene ring substituents is 1.